The van der Waals surface area contributed by atoms with Gasteiger partial charge in [0.1, 0.15) is 0 Å². The summed E-state index contributed by atoms with van der Waals surface area (Å²) in [5.41, 5.74) is 5.72. The van der Waals surface area contributed by atoms with Crippen molar-refractivity contribution in [1.82, 2.24) is 34.4 Å². The maximum Gasteiger partial charge on any atom is 0.260 e. The molecule has 0 unspecified atom stereocenters. The van der Waals surface area contributed by atoms with Crippen molar-refractivity contribution < 1.29 is 0 Å². The molecule has 2 aromatic heterocycles. The minimum absolute atomic E-state index is 0.173. The van der Waals surface area contributed by atoms with Gasteiger partial charge in [-0.05, 0) is 28.2 Å². The number of hydrogen-bond acceptors (Lipinski definition) is 9. The zero-order chi connectivity index (χ0) is 16.1. The molecule has 2 aromatic rings. The van der Waals surface area contributed by atoms with Crippen LogP contribution in [0.2, 0.25) is 0 Å². The Hall–Kier alpha value is -2.20. The van der Waals surface area contributed by atoms with Gasteiger partial charge in [0.2, 0.25) is 17.8 Å². The van der Waals surface area contributed by atoms with Gasteiger partial charge in [-0.15, -0.1) is 5.10 Å². The number of nitrogens with one attached hydrogen (secondary N) is 2. The van der Waals surface area contributed by atoms with Crippen LogP contribution in [0.25, 0.3) is 5.78 Å². The lowest BCUT2D eigenvalue weighted by molar-refractivity contribution is 0.424. The van der Waals surface area contributed by atoms with Crippen molar-refractivity contribution in [3.63, 3.8) is 0 Å². The molecule has 22 heavy (non-hydrogen) atoms. The van der Waals surface area contributed by atoms with Crippen LogP contribution in [0.1, 0.15) is 0 Å². The SMILES string of the molecule is CN(C)CCNc1nc2nc(N)nc(NCCN(C)C)n2n1. The molecule has 0 spiro atoms. The van der Waals surface area contributed by atoms with Gasteiger partial charge >= 0.3 is 0 Å². The van der Waals surface area contributed by atoms with Gasteiger partial charge in [0.25, 0.3) is 5.78 Å². The number of anilines is 3. The Morgan fingerprint density at radius 1 is 0.955 bits per heavy atom. The Kier molecular flexibility index (Phi) is 5.28. The molecule has 10 nitrogen and oxygen atoms in total. The van der Waals surface area contributed by atoms with Gasteiger partial charge in [-0.1, -0.05) is 0 Å². The molecule has 0 radical (unpaired) electrons. The maximum atomic E-state index is 5.72. The first-order valence-electron chi connectivity index (χ1n) is 7.13. The van der Waals surface area contributed by atoms with Crippen LogP contribution in [0.4, 0.5) is 17.8 Å². The predicted octanol–water partition coefficient (Wildman–Crippen LogP) is -0.951. The lowest BCUT2D eigenvalue weighted by Crippen LogP contribution is -2.22. The third-order valence-electron chi connectivity index (χ3n) is 2.91. The molecule has 10 heteroatoms. The van der Waals surface area contributed by atoms with E-state index in [-0.39, 0.29) is 5.95 Å². The Morgan fingerprint density at radius 3 is 2.23 bits per heavy atom. The molecule has 0 saturated heterocycles. The molecule has 0 aliphatic carbocycles. The monoisotopic (exact) mass is 308 g/mol. The number of likely N-dealkylation sites (N-methyl/N-ethyl adjacent to an activating group) is 2. The largest absolute Gasteiger partial charge is 0.368 e. The molecule has 0 atom stereocenters. The van der Waals surface area contributed by atoms with Crippen LogP contribution < -0.4 is 16.4 Å². The molecule has 122 valence electrons. The highest BCUT2D eigenvalue weighted by Crippen LogP contribution is 2.10. The van der Waals surface area contributed by atoms with E-state index in [0.29, 0.717) is 17.7 Å². The minimum Gasteiger partial charge on any atom is -0.368 e. The first-order chi connectivity index (χ1) is 10.5. The Bertz CT molecular complexity index is 605. The van der Waals surface area contributed by atoms with Gasteiger partial charge in [-0.2, -0.15) is 19.5 Å². The van der Waals surface area contributed by atoms with E-state index in [4.69, 9.17) is 5.73 Å². The quantitative estimate of drug-likeness (QED) is 0.568. The number of aromatic nitrogens is 5. The number of hydrogen-bond donors (Lipinski definition) is 3. The first kappa shape index (κ1) is 16.2. The van der Waals surface area contributed by atoms with E-state index in [9.17, 15) is 0 Å². The number of nitrogens with two attached hydrogens (primary N) is 1. The molecule has 0 amide bonds. The van der Waals surface area contributed by atoms with Crippen LogP contribution in [0.15, 0.2) is 0 Å². The highest BCUT2D eigenvalue weighted by Gasteiger charge is 2.11. The summed E-state index contributed by atoms with van der Waals surface area (Å²) >= 11 is 0. The molecule has 2 heterocycles. The van der Waals surface area contributed by atoms with Crippen LogP contribution in [0, 0.1) is 0 Å². The molecule has 2 rings (SSSR count). The molecular weight excluding hydrogens is 284 g/mol. The summed E-state index contributed by atoms with van der Waals surface area (Å²) in [7, 11) is 8.04. The first-order valence-corrected chi connectivity index (χ1v) is 7.13. The summed E-state index contributed by atoms with van der Waals surface area (Å²) in [5, 5.41) is 10.7. The van der Waals surface area contributed by atoms with Crippen LogP contribution in [-0.2, 0) is 0 Å². The van der Waals surface area contributed by atoms with Crippen LogP contribution in [0.3, 0.4) is 0 Å². The van der Waals surface area contributed by atoms with E-state index in [1.807, 2.05) is 28.2 Å². The van der Waals surface area contributed by atoms with Crippen LogP contribution in [0.5, 0.6) is 0 Å². The minimum atomic E-state index is 0.173. The van der Waals surface area contributed by atoms with Gasteiger partial charge in [-0.25, -0.2) is 0 Å². The highest BCUT2D eigenvalue weighted by atomic mass is 15.4. The molecule has 0 saturated carbocycles. The van der Waals surface area contributed by atoms with Crippen molar-refractivity contribution in [1.29, 1.82) is 0 Å². The topological polar surface area (TPSA) is 113 Å². The normalized spacial score (nSPS) is 11.5. The molecule has 4 N–H and O–H groups in total. The smallest absolute Gasteiger partial charge is 0.260 e. The van der Waals surface area contributed by atoms with Crippen molar-refractivity contribution in [3.8, 4) is 0 Å². The summed E-state index contributed by atoms with van der Waals surface area (Å²) in [4.78, 5) is 16.7. The summed E-state index contributed by atoms with van der Waals surface area (Å²) < 4.78 is 1.56. The van der Waals surface area contributed by atoms with Crippen molar-refractivity contribution >= 4 is 23.6 Å². The Labute approximate surface area is 129 Å². The fourth-order valence-corrected chi connectivity index (χ4v) is 1.77. The maximum absolute atomic E-state index is 5.72. The van der Waals surface area contributed by atoms with E-state index in [1.54, 1.807) is 4.52 Å². The fraction of sp³-hybridized carbons (Fsp3) is 0.667. The van der Waals surface area contributed by atoms with Gasteiger partial charge < -0.3 is 26.2 Å². The molecular formula is C12H24N10. The second kappa shape index (κ2) is 7.18. The summed E-state index contributed by atoms with van der Waals surface area (Å²) in [5.74, 6) is 1.65. The third kappa shape index (κ3) is 4.40. The number of nitrogen functional groups attached to an aromatic ring is 1. The fourth-order valence-electron chi connectivity index (χ4n) is 1.77. The van der Waals surface area contributed by atoms with Crippen LogP contribution >= 0.6 is 0 Å². The second-order valence-electron chi connectivity index (χ2n) is 5.51. The van der Waals surface area contributed by atoms with Crippen molar-refractivity contribution in [2.45, 2.75) is 0 Å². The summed E-state index contributed by atoms with van der Waals surface area (Å²) in [6.45, 7) is 3.23. The van der Waals surface area contributed by atoms with E-state index in [0.717, 1.165) is 26.2 Å². The van der Waals surface area contributed by atoms with Crippen molar-refractivity contribution in [2.75, 3.05) is 70.7 Å². The predicted molar refractivity (Wildman–Crippen MR) is 87.1 cm³/mol. The van der Waals surface area contributed by atoms with E-state index in [1.165, 1.54) is 0 Å². The molecule has 0 aliphatic rings. The van der Waals surface area contributed by atoms with Crippen molar-refractivity contribution in [3.05, 3.63) is 0 Å². The zero-order valence-electron chi connectivity index (χ0n) is 13.5. The molecule has 0 bridgehead atoms. The molecule has 0 aliphatic heterocycles. The van der Waals surface area contributed by atoms with E-state index >= 15 is 0 Å². The lowest BCUT2D eigenvalue weighted by Gasteiger charge is -2.11. The summed E-state index contributed by atoms with van der Waals surface area (Å²) in [6, 6.07) is 0. The van der Waals surface area contributed by atoms with Gasteiger partial charge in [0.05, 0.1) is 0 Å². The number of fused-ring (bicyclic) bond motifs is 1. The summed E-state index contributed by atoms with van der Waals surface area (Å²) in [6.07, 6.45) is 0. The van der Waals surface area contributed by atoms with Crippen molar-refractivity contribution in [2.24, 2.45) is 0 Å². The van der Waals surface area contributed by atoms with Gasteiger partial charge in [0, 0.05) is 26.2 Å². The van der Waals surface area contributed by atoms with Gasteiger partial charge in [0.15, 0.2) is 0 Å². The highest BCUT2D eigenvalue weighted by molar-refractivity contribution is 5.46. The average Bonchev–Trinajstić information content (AvgIpc) is 2.80. The lowest BCUT2D eigenvalue weighted by atomic mass is 10.6. The van der Waals surface area contributed by atoms with Crippen LogP contribution in [-0.4, -0.2) is 88.7 Å². The van der Waals surface area contributed by atoms with E-state index in [2.05, 4.69) is 40.5 Å². The Balaban J connectivity index is 2.12. The Morgan fingerprint density at radius 2 is 1.59 bits per heavy atom. The second-order valence-corrected chi connectivity index (χ2v) is 5.51. The number of nitrogens with zero attached hydrogens (tertiary/aromatic N) is 7. The molecule has 0 aromatic carbocycles. The zero-order valence-corrected chi connectivity index (χ0v) is 13.5. The number of rotatable bonds is 8. The van der Waals surface area contributed by atoms with E-state index < -0.39 is 0 Å². The molecule has 0 fully saturated rings. The third-order valence-corrected chi connectivity index (χ3v) is 2.91. The standard InChI is InChI=1S/C12H24N10/c1-20(2)7-5-14-10-18-12-17-9(13)16-11(22(12)19-10)15-6-8-21(3)4/h5-8H2,1-4H3,(H4,13,14,15,16,17,18,19). The average molecular weight is 308 g/mol. The van der Waals surface area contributed by atoms with Gasteiger partial charge in [-0.3, -0.25) is 0 Å².